The summed E-state index contributed by atoms with van der Waals surface area (Å²) in [6.07, 6.45) is 24.5. The fourth-order valence-electron chi connectivity index (χ4n) is 9.75. The Bertz CT molecular complexity index is 2480. The molecule has 470 valence electrons. The zero-order chi connectivity index (χ0) is 63.0. The third-order valence-corrected chi connectivity index (χ3v) is 15.8. The van der Waals surface area contributed by atoms with Crippen LogP contribution < -0.4 is 13.6 Å². The minimum absolute atomic E-state index is 0.267. The van der Waals surface area contributed by atoms with E-state index >= 15 is 4.57 Å². The van der Waals surface area contributed by atoms with Crippen LogP contribution in [0.25, 0.3) is 0 Å². The van der Waals surface area contributed by atoms with Crippen LogP contribution in [0.15, 0.2) is 112 Å². The lowest BCUT2D eigenvalue weighted by Crippen LogP contribution is -2.12. The molecule has 17 heteroatoms. The topological polar surface area (TPSA) is 203 Å². The molecule has 0 aromatic heterocycles. The van der Waals surface area contributed by atoms with E-state index in [9.17, 15) is 28.8 Å². The molecule has 0 spiro atoms. The lowest BCUT2D eigenvalue weighted by Gasteiger charge is -2.25. The van der Waals surface area contributed by atoms with Gasteiger partial charge in [0.25, 0.3) is 0 Å². The minimum atomic E-state index is -4.68. The number of phosphoric acid groups is 1. The summed E-state index contributed by atoms with van der Waals surface area (Å²) < 4.78 is 67.6. The number of carbonyl (C=O) groups excluding carboxylic acids is 6. The quantitative estimate of drug-likeness (QED) is 0.0170. The molecule has 0 radical (unpaired) electrons. The van der Waals surface area contributed by atoms with Crippen molar-refractivity contribution in [3.63, 3.8) is 0 Å². The van der Waals surface area contributed by atoms with Crippen molar-refractivity contribution in [3.05, 3.63) is 162 Å². The second-order valence-electron chi connectivity index (χ2n) is 20.8. The highest BCUT2D eigenvalue weighted by atomic mass is 31.2. The van der Waals surface area contributed by atoms with Crippen molar-refractivity contribution in [2.45, 2.75) is 175 Å². The van der Waals surface area contributed by atoms with Gasteiger partial charge in [0.05, 0.1) is 39.6 Å². The van der Waals surface area contributed by atoms with E-state index in [2.05, 4.69) is 39.5 Å². The van der Waals surface area contributed by atoms with Crippen LogP contribution in [0, 0.1) is 20.8 Å². The van der Waals surface area contributed by atoms with Crippen molar-refractivity contribution in [2.24, 2.45) is 0 Å². The second-order valence-corrected chi connectivity index (χ2v) is 22.2. The molecular weight excluding hydrogens is 1120 g/mol. The Kier molecular flexibility index (Phi) is 35.9. The first-order chi connectivity index (χ1) is 41.5. The molecule has 0 unspecified atom stereocenters. The lowest BCUT2D eigenvalue weighted by molar-refractivity contribution is -0.138. The summed E-state index contributed by atoms with van der Waals surface area (Å²) in [5.41, 5.74) is 8.65. The number of esters is 6. The van der Waals surface area contributed by atoms with Crippen molar-refractivity contribution in [2.75, 3.05) is 39.6 Å². The van der Waals surface area contributed by atoms with Gasteiger partial charge >= 0.3 is 43.6 Å². The van der Waals surface area contributed by atoms with Gasteiger partial charge in [0.1, 0.15) is 17.2 Å². The summed E-state index contributed by atoms with van der Waals surface area (Å²) in [5.74, 6) is -1.83. The maximum Gasteiger partial charge on any atom is 0.647 e. The number of hydrogen-bond donors (Lipinski definition) is 0. The van der Waals surface area contributed by atoms with Gasteiger partial charge in [-0.3, -0.25) is 0 Å². The summed E-state index contributed by atoms with van der Waals surface area (Å²) in [4.78, 5) is 70.2. The van der Waals surface area contributed by atoms with Crippen molar-refractivity contribution in [1.82, 2.24) is 0 Å². The van der Waals surface area contributed by atoms with E-state index in [-0.39, 0.29) is 19.8 Å². The zero-order valence-corrected chi connectivity index (χ0v) is 52.3. The molecule has 0 atom stereocenters. The maximum absolute atomic E-state index is 16.1. The van der Waals surface area contributed by atoms with E-state index in [0.717, 1.165) is 183 Å². The molecule has 0 saturated carbocycles. The fourth-order valence-corrected chi connectivity index (χ4v) is 11.2. The van der Waals surface area contributed by atoms with Gasteiger partial charge in [-0.15, -0.1) is 0 Å². The Balaban J connectivity index is 2.17. The molecule has 0 heterocycles. The number of unbranched alkanes of at least 4 members (excludes halogenated alkanes) is 12. The van der Waals surface area contributed by atoms with Crippen molar-refractivity contribution >= 4 is 43.6 Å². The Morgan fingerprint density at radius 1 is 0.314 bits per heavy atom. The SMILES string of the molecule is C=CC(=O)OCCCCCc1ccc(OP(=O)(Oc2ccc(CCCCCOC(=O)C=C)c(CCCCCOC(=O)C=C)c2C)Oc2ccc(CCCCCOC(=O)C=C)c(CCCCCOC(=O)C=C)c2C)c(C)c1CCCCCOC(=O)C=C. The summed E-state index contributed by atoms with van der Waals surface area (Å²) in [6, 6.07) is 11.4. The molecule has 0 aliphatic carbocycles. The summed E-state index contributed by atoms with van der Waals surface area (Å²) in [6.45, 7) is 28.4. The monoisotopic (exact) mass is 1210 g/mol. The number of ether oxygens (including phenoxy) is 6. The lowest BCUT2D eigenvalue weighted by atomic mass is 9.93. The molecule has 3 aromatic rings. The van der Waals surface area contributed by atoms with Crippen molar-refractivity contribution in [3.8, 4) is 17.2 Å². The molecular formula is C69H93O16P. The molecule has 0 fully saturated rings. The molecule has 0 saturated heterocycles. The van der Waals surface area contributed by atoms with Gasteiger partial charge in [0, 0.05) is 36.5 Å². The van der Waals surface area contributed by atoms with Crippen LogP contribution in [-0.4, -0.2) is 75.5 Å². The Hall–Kier alpha value is -7.45. The number of benzene rings is 3. The molecule has 86 heavy (non-hydrogen) atoms. The van der Waals surface area contributed by atoms with Gasteiger partial charge in [0.15, 0.2) is 0 Å². The first-order valence-electron chi connectivity index (χ1n) is 30.3. The van der Waals surface area contributed by atoms with Gasteiger partial charge in [-0.2, -0.15) is 4.57 Å². The molecule has 0 aliphatic rings. The van der Waals surface area contributed by atoms with Gasteiger partial charge < -0.3 is 42.0 Å². The van der Waals surface area contributed by atoms with Gasteiger partial charge in [-0.1, -0.05) is 57.7 Å². The van der Waals surface area contributed by atoms with Crippen LogP contribution in [0.5, 0.6) is 17.2 Å². The Labute approximate surface area is 511 Å². The number of carbonyl (C=O) groups is 6. The first kappa shape index (κ1) is 72.8. The van der Waals surface area contributed by atoms with Crippen LogP contribution >= 0.6 is 7.82 Å². The normalized spacial score (nSPS) is 10.9. The summed E-state index contributed by atoms with van der Waals surface area (Å²) in [5, 5.41) is 0. The van der Waals surface area contributed by atoms with E-state index in [1.54, 1.807) is 0 Å². The zero-order valence-electron chi connectivity index (χ0n) is 51.4. The molecule has 0 aliphatic heterocycles. The predicted molar refractivity (Wildman–Crippen MR) is 335 cm³/mol. The highest BCUT2D eigenvalue weighted by molar-refractivity contribution is 7.49. The maximum atomic E-state index is 16.1. The highest BCUT2D eigenvalue weighted by Gasteiger charge is 2.36. The fraction of sp³-hybridized carbons (Fsp3) is 0.478. The molecule has 0 N–H and O–H groups in total. The van der Waals surface area contributed by atoms with Crippen molar-refractivity contribution in [1.29, 1.82) is 0 Å². The third kappa shape index (κ3) is 28.2. The van der Waals surface area contributed by atoms with E-state index in [1.807, 2.05) is 57.2 Å². The highest BCUT2D eigenvalue weighted by Crippen LogP contribution is 2.53. The smallest absolute Gasteiger partial charge is 0.463 e. The van der Waals surface area contributed by atoms with Crippen LogP contribution in [0.1, 0.15) is 166 Å². The number of phosphoric ester groups is 1. The van der Waals surface area contributed by atoms with Crippen molar-refractivity contribution < 1.29 is 75.3 Å². The van der Waals surface area contributed by atoms with E-state index in [4.69, 9.17) is 42.0 Å². The van der Waals surface area contributed by atoms with Crippen LogP contribution in [-0.2, 0) is 100 Å². The summed E-state index contributed by atoms with van der Waals surface area (Å²) in [7, 11) is -4.68. The predicted octanol–water partition coefficient (Wildman–Crippen LogP) is 14.9. The number of aryl methyl sites for hydroxylation is 3. The second kappa shape index (κ2) is 42.4. The molecule has 0 bridgehead atoms. The van der Waals surface area contributed by atoms with Gasteiger partial charge in [0.2, 0.25) is 0 Å². The van der Waals surface area contributed by atoms with Gasteiger partial charge in [-0.05, 0) is 243 Å². The van der Waals surface area contributed by atoms with Crippen LogP contribution in [0.2, 0.25) is 0 Å². The van der Waals surface area contributed by atoms with Gasteiger partial charge in [-0.25, -0.2) is 28.8 Å². The van der Waals surface area contributed by atoms with E-state index in [1.165, 1.54) is 0 Å². The minimum Gasteiger partial charge on any atom is -0.463 e. The third-order valence-electron chi connectivity index (χ3n) is 14.5. The Morgan fingerprint density at radius 3 is 0.709 bits per heavy atom. The Morgan fingerprint density at radius 2 is 0.512 bits per heavy atom. The van der Waals surface area contributed by atoms with E-state index < -0.39 is 43.6 Å². The number of rotatable bonds is 48. The summed E-state index contributed by atoms with van der Waals surface area (Å²) >= 11 is 0. The molecule has 0 amide bonds. The molecule has 3 rings (SSSR count). The number of hydrogen-bond acceptors (Lipinski definition) is 16. The largest absolute Gasteiger partial charge is 0.647 e. The van der Waals surface area contributed by atoms with Crippen LogP contribution in [0.3, 0.4) is 0 Å². The average Bonchev–Trinajstić information content (AvgIpc) is 2.86. The van der Waals surface area contributed by atoms with Crippen LogP contribution in [0.4, 0.5) is 0 Å². The van der Waals surface area contributed by atoms with E-state index in [0.29, 0.717) is 94.9 Å². The molecule has 16 nitrogen and oxygen atoms in total. The molecule has 3 aromatic carbocycles. The standard InChI is InChI=1S/C69H93O16P/c1-10-64(70)77-46-28-16-22-34-55-40-43-61(52(7)58(55)37-25-19-31-49-80-67(73)13-4)83-86(76,84-62-44-41-56(35-23-17-29-47-78-65(71)11-2)59(53(62)8)38-26-20-32-50-81-68(74)14-5)85-63-45-42-57(36-24-18-30-48-79-66(72)12-3)60(54(63)9)39-27-21-33-51-82-69(75)15-6/h10-15,40-45H,1-6,16-39,46-51H2,7-9H3. The average molecular weight is 1210 g/mol. The first-order valence-corrected chi connectivity index (χ1v) is 31.8.